The number of aromatic nitrogens is 3. The van der Waals surface area contributed by atoms with Gasteiger partial charge in [0, 0.05) is 71.9 Å². The summed E-state index contributed by atoms with van der Waals surface area (Å²) < 4.78 is 7.67. The Morgan fingerprint density at radius 2 is 1.48 bits per heavy atom. The fourth-order valence-electron chi connectivity index (χ4n) is 5.05. The third-order valence-corrected chi connectivity index (χ3v) is 8.88. The molecule has 0 fully saturated rings. The molecule has 0 aliphatic heterocycles. The van der Waals surface area contributed by atoms with Gasteiger partial charge in [-0.3, -0.25) is 9.38 Å². The van der Waals surface area contributed by atoms with Gasteiger partial charge in [0.25, 0.3) is 0 Å². The highest BCUT2D eigenvalue weighted by Crippen LogP contribution is 2.46. The molecule has 0 atom stereocenters. The Morgan fingerprint density at radius 1 is 0.645 bits per heavy atom. The summed E-state index contributed by atoms with van der Waals surface area (Å²) in [6.07, 6.45) is 7.79. The van der Waals surface area contributed by atoms with Gasteiger partial charge in [0.1, 0.15) is 5.65 Å². The molecule has 0 amide bonds. The molecule has 3 aromatic carbocycles. The molecule has 144 valence electrons. The van der Waals surface area contributed by atoms with E-state index in [9.17, 15) is 0 Å². The first-order valence-corrected chi connectivity index (χ1v) is 11.8. The van der Waals surface area contributed by atoms with E-state index in [-0.39, 0.29) is 0 Å². The van der Waals surface area contributed by atoms with E-state index in [0.717, 1.165) is 16.4 Å². The van der Waals surface area contributed by atoms with Gasteiger partial charge in [-0.2, -0.15) is 0 Å². The van der Waals surface area contributed by atoms with Gasteiger partial charge < -0.3 is 0 Å². The SMILES string of the molecule is c1ccc2c(c1)sc1c2ccc2c1sc1ccc3c4cnccc4c4nccn4c3c12. The van der Waals surface area contributed by atoms with Gasteiger partial charge in [0.15, 0.2) is 0 Å². The fourth-order valence-corrected chi connectivity index (χ4v) is 7.59. The molecule has 5 aromatic heterocycles. The van der Waals surface area contributed by atoms with Gasteiger partial charge in [-0.05, 0) is 18.2 Å². The first-order chi connectivity index (χ1) is 15.4. The van der Waals surface area contributed by atoms with Crippen molar-refractivity contribution in [3.05, 3.63) is 79.4 Å². The van der Waals surface area contributed by atoms with Crippen molar-refractivity contribution >= 4 is 90.3 Å². The number of rotatable bonds is 0. The van der Waals surface area contributed by atoms with E-state index in [1.165, 1.54) is 51.2 Å². The van der Waals surface area contributed by atoms with Crippen molar-refractivity contribution in [1.82, 2.24) is 14.4 Å². The molecule has 8 aromatic rings. The van der Waals surface area contributed by atoms with Crippen molar-refractivity contribution in [3.8, 4) is 0 Å². The molecule has 3 nitrogen and oxygen atoms in total. The zero-order valence-corrected chi connectivity index (χ0v) is 17.8. The van der Waals surface area contributed by atoms with Crippen LogP contribution >= 0.6 is 22.7 Å². The third kappa shape index (κ3) is 1.93. The van der Waals surface area contributed by atoms with E-state index >= 15 is 0 Å². The second-order valence-corrected chi connectivity index (χ2v) is 10.0. The van der Waals surface area contributed by atoms with Gasteiger partial charge in [0.2, 0.25) is 0 Å². The zero-order chi connectivity index (χ0) is 20.1. The molecule has 0 saturated heterocycles. The second kappa shape index (κ2) is 5.58. The van der Waals surface area contributed by atoms with Crippen LogP contribution in [-0.4, -0.2) is 14.4 Å². The molecule has 0 radical (unpaired) electrons. The lowest BCUT2D eigenvalue weighted by Gasteiger charge is -2.09. The number of benzene rings is 3. The molecule has 0 saturated carbocycles. The molecule has 31 heavy (non-hydrogen) atoms. The number of fused-ring (bicyclic) bond motifs is 14. The number of imidazole rings is 1. The summed E-state index contributed by atoms with van der Waals surface area (Å²) in [6.45, 7) is 0. The standard InChI is InChI=1S/C26H13N3S2/c1-2-4-20-14(3-1)16-5-6-18-22-21(31-25(18)24(16)30-20)8-7-15-19-13-27-10-9-17(19)26-28-11-12-29(26)23(15)22/h1-13H. The summed E-state index contributed by atoms with van der Waals surface area (Å²) in [5.74, 6) is 0. The van der Waals surface area contributed by atoms with Crippen molar-refractivity contribution in [1.29, 1.82) is 0 Å². The van der Waals surface area contributed by atoms with Crippen LogP contribution in [0.3, 0.4) is 0 Å². The summed E-state index contributed by atoms with van der Waals surface area (Å²) in [5, 5.41) is 8.84. The van der Waals surface area contributed by atoms with Crippen molar-refractivity contribution in [3.63, 3.8) is 0 Å². The molecule has 8 rings (SSSR count). The van der Waals surface area contributed by atoms with E-state index in [1.54, 1.807) is 0 Å². The topological polar surface area (TPSA) is 30.2 Å². The minimum absolute atomic E-state index is 0.986. The molecule has 0 unspecified atom stereocenters. The van der Waals surface area contributed by atoms with Crippen molar-refractivity contribution in [2.75, 3.05) is 0 Å². The second-order valence-electron chi connectivity index (χ2n) is 7.90. The van der Waals surface area contributed by atoms with Gasteiger partial charge >= 0.3 is 0 Å². The highest BCUT2D eigenvalue weighted by molar-refractivity contribution is 7.33. The number of pyridine rings is 2. The summed E-state index contributed by atoms with van der Waals surface area (Å²) >= 11 is 3.80. The van der Waals surface area contributed by atoms with Crippen molar-refractivity contribution in [2.45, 2.75) is 0 Å². The number of hydrogen-bond donors (Lipinski definition) is 0. The maximum Gasteiger partial charge on any atom is 0.145 e. The molecule has 0 N–H and O–H groups in total. The third-order valence-electron chi connectivity index (χ3n) is 6.36. The van der Waals surface area contributed by atoms with Gasteiger partial charge in [0.05, 0.1) is 14.9 Å². The lowest BCUT2D eigenvalue weighted by Crippen LogP contribution is -1.91. The monoisotopic (exact) mass is 431 g/mol. The molecule has 5 heteroatoms. The van der Waals surface area contributed by atoms with Gasteiger partial charge in [-0.25, -0.2) is 4.98 Å². The van der Waals surface area contributed by atoms with Crippen LogP contribution < -0.4 is 0 Å². The van der Waals surface area contributed by atoms with Gasteiger partial charge in [-0.15, -0.1) is 22.7 Å². The van der Waals surface area contributed by atoms with Crippen LogP contribution in [0.5, 0.6) is 0 Å². The maximum atomic E-state index is 4.69. The highest BCUT2D eigenvalue weighted by atomic mass is 32.1. The minimum atomic E-state index is 0.986. The van der Waals surface area contributed by atoms with Crippen LogP contribution in [0.25, 0.3) is 67.7 Å². The Kier molecular flexibility index (Phi) is 2.91. The zero-order valence-electron chi connectivity index (χ0n) is 16.2. The van der Waals surface area contributed by atoms with Crippen LogP contribution in [0.2, 0.25) is 0 Å². The van der Waals surface area contributed by atoms with Crippen LogP contribution in [0.1, 0.15) is 0 Å². The molecular formula is C26H13N3S2. The summed E-state index contributed by atoms with van der Waals surface area (Å²) in [6, 6.07) is 19.9. The Bertz CT molecular complexity index is 2010. The Balaban J connectivity index is 1.67. The predicted molar refractivity (Wildman–Crippen MR) is 134 cm³/mol. The normalized spacial score (nSPS) is 12.5. The van der Waals surface area contributed by atoms with E-state index in [4.69, 9.17) is 0 Å². The number of hydrogen-bond acceptors (Lipinski definition) is 4. The summed E-state index contributed by atoms with van der Waals surface area (Å²) in [4.78, 5) is 9.10. The van der Waals surface area contributed by atoms with Crippen LogP contribution in [0.4, 0.5) is 0 Å². The molecule has 0 aliphatic rings. The van der Waals surface area contributed by atoms with E-state index < -0.39 is 0 Å². The Labute approximate surface area is 183 Å². The lowest BCUT2D eigenvalue weighted by molar-refractivity contribution is 1.27. The smallest absolute Gasteiger partial charge is 0.145 e. The number of nitrogens with zero attached hydrogens (tertiary/aromatic N) is 3. The largest absolute Gasteiger partial charge is 0.298 e. The average Bonchev–Trinajstić information content (AvgIpc) is 3.53. The molecule has 0 bridgehead atoms. The molecule has 5 heterocycles. The quantitative estimate of drug-likeness (QED) is 0.230. The van der Waals surface area contributed by atoms with E-state index in [2.05, 4.69) is 75.2 Å². The lowest BCUT2D eigenvalue weighted by atomic mass is 10.0. The molecule has 0 spiro atoms. The maximum absolute atomic E-state index is 4.69. The van der Waals surface area contributed by atoms with Crippen molar-refractivity contribution < 1.29 is 0 Å². The van der Waals surface area contributed by atoms with Crippen LogP contribution in [-0.2, 0) is 0 Å². The first kappa shape index (κ1) is 16.2. The van der Waals surface area contributed by atoms with E-state index in [1.807, 2.05) is 41.3 Å². The summed E-state index contributed by atoms with van der Waals surface area (Å²) in [7, 11) is 0. The van der Waals surface area contributed by atoms with Crippen molar-refractivity contribution in [2.24, 2.45) is 0 Å². The Morgan fingerprint density at radius 3 is 2.48 bits per heavy atom. The Hall–Kier alpha value is -3.54. The average molecular weight is 432 g/mol. The predicted octanol–water partition coefficient (Wildman–Crippen LogP) is 7.77. The molecular weight excluding hydrogens is 418 g/mol. The highest BCUT2D eigenvalue weighted by Gasteiger charge is 2.18. The van der Waals surface area contributed by atoms with E-state index in [0.29, 0.717) is 0 Å². The van der Waals surface area contributed by atoms with Crippen LogP contribution in [0.15, 0.2) is 79.4 Å². The number of thiophene rings is 2. The van der Waals surface area contributed by atoms with Gasteiger partial charge in [-0.1, -0.05) is 36.4 Å². The first-order valence-electron chi connectivity index (χ1n) is 10.2. The molecule has 0 aliphatic carbocycles. The minimum Gasteiger partial charge on any atom is -0.298 e. The summed E-state index contributed by atoms with van der Waals surface area (Å²) in [5.41, 5.74) is 2.21. The van der Waals surface area contributed by atoms with Crippen LogP contribution in [0, 0.1) is 0 Å². The fraction of sp³-hybridized carbons (Fsp3) is 0.